The molecule has 5 rings (SSSR count). The first-order valence-corrected chi connectivity index (χ1v) is 16.1. The van der Waals surface area contributed by atoms with Crippen LogP contribution in [0.5, 0.6) is 0 Å². The molecule has 1 aliphatic heterocycles. The molecule has 0 bridgehead atoms. The van der Waals surface area contributed by atoms with E-state index in [0.29, 0.717) is 19.3 Å². The first-order valence-electron chi connectivity index (χ1n) is 16.1. The number of ketones is 3. The van der Waals surface area contributed by atoms with Crippen LogP contribution in [-0.2, 0) is 62.0 Å². The summed E-state index contributed by atoms with van der Waals surface area (Å²) in [6, 6.07) is 0. The maximum atomic E-state index is 14.0. The molecule has 3 saturated carbocycles. The number of allylic oxidation sites excluding steroid dienone is 4. The average molecular weight is 675 g/mol. The molecule has 14 nitrogen and oxygen atoms in total. The van der Waals surface area contributed by atoms with Gasteiger partial charge in [-0.3, -0.25) is 28.8 Å². The molecule has 0 spiro atoms. The zero-order valence-corrected chi connectivity index (χ0v) is 27.8. The van der Waals surface area contributed by atoms with Crippen molar-refractivity contribution in [2.75, 3.05) is 13.7 Å². The molecule has 48 heavy (non-hydrogen) atoms. The van der Waals surface area contributed by atoms with Crippen molar-refractivity contribution in [3.05, 3.63) is 23.8 Å². The summed E-state index contributed by atoms with van der Waals surface area (Å²) < 4.78 is 32.3. The fraction of sp³-hybridized carbons (Fsp3) is 0.676. The molecule has 11 atom stereocenters. The fourth-order valence-electron chi connectivity index (χ4n) is 8.98. The van der Waals surface area contributed by atoms with Crippen molar-refractivity contribution in [2.45, 2.75) is 103 Å². The molecule has 5 aliphatic rings. The summed E-state index contributed by atoms with van der Waals surface area (Å²) in [5.74, 6) is -5.29. The Morgan fingerprint density at radius 1 is 0.938 bits per heavy atom. The van der Waals surface area contributed by atoms with Crippen molar-refractivity contribution < 1.29 is 67.1 Å². The number of carbonyl (C=O) groups is 7. The molecule has 1 heterocycles. The van der Waals surface area contributed by atoms with Gasteiger partial charge >= 0.3 is 23.9 Å². The quantitative estimate of drug-likeness (QED) is 0.287. The Balaban J connectivity index is 1.40. The minimum absolute atomic E-state index is 0.0644. The van der Waals surface area contributed by atoms with Crippen molar-refractivity contribution >= 4 is 41.2 Å². The summed E-state index contributed by atoms with van der Waals surface area (Å²) in [4.78, 5) is 88.9. The second-order valence-corrected chi connectivity index (χ2v) is 13.8. The molecular formula is C34H42O14. The van der Waals surface area contributed by atoms with Crippen molar-refractivity contribution in [2.24, 2.45) is 28.6 Å². The Morgan fingerprint density at radius 3 is 2.19 bits per heavy atom. The van der Waals surface area contributed by atoms with Crippen LogP contribution in [0, 0.1) is 28.6 Å². The smallest absolute Gasteiger partial charge is 0.339 e. The van der Waals surface area contributed by atoms with Crippen molar-refractivity contribution in [3.63, 3.8) is 0 Å². The van der Waals surface area contributed by atoms with Crippen molar-refractivity contribution in [1.29, 1.82) is 0 Å². The van der Waals surface area contributed by atoms with E-state index in [1.807, 2.05) is 13.0 Å². The number of ether oxygens (including phenoxy) is 6. The van der Waals surface area contributed by atoms with Gasteiger partial charge in [0.05, 0.1) is 7.11 Å². The number of carbonyl (C=O) groups excluding carboxylic acids is 7. The van der Waals surface area contributed by atoms with Crippen LogP contribution in [0.4, 0.5) is 0 Å². The van der Waals surface area contributed by atoms with Gasteiger partial charge in [0.25, 0.3) is 0 Å². The third-order valence-electron chi connectivity index (χ3n) is 11.1. The van der Waals surface area contributed by atoms with Gasteiger partial charge in [0.2, 0.25) is 0 Å². The largest absolute Gasteiger partial charge is 0.467 e. The van der Waals surface area contributed by atoms with Gasteiger partial charge < -0.3 is 33.5 Å². The van der Waals surface area contributed by atoms with Gasteiger partial charge in [0, 0.05) is 43.9 Å². The Kier molecular flexibility index (Phi) is 9.58. The first kappa shape index (κ1) is 35.6. The lowest BCUT2D eigenvalue weighted by Crippen LogP contribution is -2.64. The molecule has 1 N–H and O–H groups in total. The van der Waals surface area contributed by atoms with E-state index in [-0.39, 0.29) is 36.2 Å². The molecule has 262 valence electrons. The fourth-order valence-corrected chi connectivity index (χ4v) is 8.98. The van der Waals surface area contributed by atoms with E-state index < -0.39 is 89.3 Å². The predicted molar refractivity (Wildman–Crippen MR) is 160 cm³/mol. The standard InChI is InChI=1S/C34H42O14/c1-16(35)45-26-27(46-17(2)36)29(47-18(3)37)31(48-28(26)30(41)43-6)44-15-24(40)34(42)12-10-22-21-8-7-19-13-20(38)9-11-32(19,4)25(21)23(39)14-33(22,34)5/h9,11,13,21-22,25-29,31,42H,7-8,10,12,14-15H2,1-6H3/t21?,22?,25?,26-,27-,28-,29+,31+,32+,33+,34+/m1/s1. The second kappa shape index (κ2) is 12.9. The lowest BCUT2D eigenvalue weighted by atomic mass is 9.46. The molecule has 0 amide bonds. The minimum atomic E-state index is -1.98. The molecule has 3 unspecified atom stereocenters. The third kappa shape index (κ3) is 5.91. The van der Waals surface area contributed by atoms with Crippen LogP contribution in [0.15, 0.2) is 23.8 Å². The van der Waals surface area contributed by atoms with E-state index in [9.17, 15) is 38.7 Å². The SMILES string of the molecule is COC(=O)[C@@H]1O[C@H](OCC(=O)[C@@]2(O)CCC3C4CCC5=CC(=O)C=C[C@]5(C)C4C(=O)C[C@@]32C)[C@@H](OC(C)=O)[C@H](OC(C)=O)[C@H]1OC(C)=O. The lowest BCUT2D eigenvalue weighted by Gasteiger charge is -2.56. The molecule has 1 saturated heterocycles. The van der Waals surface area contributed by atoms with Gasteiger partial charge in [0.15, 0.2) is 42.3 Å². The highest BCUT2D eigenvalue weighted by Gasteiger charge is 2.68. The van der Waals surface area contributed by atoms with Gasteiger partial charge in [-0.15, -0.1) is 0 Å². The van der Waals surface area contributed by atoms with Crippen molar-refractivity contribution in [1.82, 2.24) is 0 Å². The molecule has 0 radical (unpaired) electrons. The van der Waals surface area contributed by atoms with Crippen LogP contribution in [0.1, 0.15) is 66.7 Å². The van der Waals surface area contributed by atoms with Crippen LogP contribution in [-0.4, -0.2) is 96.4 Å². The summed E-state index contributed by atoms with van der Waals surface area (Å²) in [7, 11) is 1.05. The molecule has 4 fully saturated rings. The number of hydrogen-bond donors (Lipinski definition) is 1. The number of fused-ring (bicyclic) bond motifs is 5. The number of methoxy groups -OCH3 is 1. The zero-order valence-electron chi connectivity index (χ0n) is 27.8. The number of rotatable bonds is 8. The van der Waals surface area contributed by atoms with E-state index in [4.69, 9.17) is 28.4 Å². The van der Waals surface area contributed by atoms with Crippen LogP contribution in [0.3, 0.4) is 0 Å². The van der Waals surface area contributed by atoms with Crippen LogP contribution in [0.25, 0.3) is 0 Å². The van der Waals surface area contributed by atoms with E-state index in [2.05, 4.69) is 0 Å². The molecule has 0 aromatic rings. The third-order valence-corrected chi connectivity index (χ3v) is 11.1. The zero-order chi connectivity index (χ0) is 35.3. The van der Waals surface area contributed by atoms with Crippen LogP contribution in [0.2, 0.25) is 0 Å². The summed E-state index contributed by atoms with van der Waals surface area (Å²) in [6.45, 7) is 6.08. The number of Topliss-reactive ketones (excluding diaryl/α,β-unsaturated/α-hetero) is 2. The lowest BCUT2D eigenvalue weighted by molar-refractivity contribution is -0.300. The summed E-state index contributed by atoms with van der Waals surface area (Å²) in [5, 5.41) is 12.1. The average Bonchev–Trinajstić information content (AvgIpc) is 3.27. The molecule has 0 aromatic carbocycles. The van der Waals surface area contributed by atoms with E-state index in [0.717, 1.165) is 33.5 Å². The normalized spacial score (nSPS) is 40.0. The summed E-state index contributed by atoms with van der Waals surface area (Å²) in [6.07, 6.45) is -1.57. The number of hydrogen-bond acceptors (Lipinski definition) is 14. The molecule has 4 aliphatic carbocycles. The Bertz CT molecular complexity index is 1480. The van der Waals surface area contributed by atoms with Crippen LogP contribution >= 0.6 is 0 Å². The highest BCUT2D eigenvalue weighted by atomic mass is 16.7. The first-order chi connectivity index (χ1) is 22.5. The highest BCUT2D eigenvalue weighted by molar-refractivity contribution is 6.02. The Hall–Kier alpha value is -3.75. The van der Waals surface area contributed by atoms with Crippen LogP contribution < -0.4 is 0 Å². The van der Waals surface area contributed by atoms with Gasteiger partial charge in [-0.1, -0.05) is 25.5 Å². The second-order valence-electron chi connectivity index (χ2n) is 13.8. The predicted octanol–water partition coefficient (Wildman–Crippen LogP) is 1.48. The Morgan fingerprint density at radius 2 is 1.56 bits per heavy atom. The summed E-state index contributed by atoms with van der Waals surface area (Å²) in [5.41, 5.74) is -2.80. The molecule has 14 heteroatoms. The van der Waals surface area contributed by atoms with Gasteiger partial charge in [-0.05, 0) is 49.7 Å². The molecular weight excluding hydrogens is 632 g/mol. The monoisotopic (exact) mass is 674 g/mol. The highest BCUT2D eigenvalue weighted by Crippen LogP contribution is 2.66. The maximum Gasteiger partial charge on any atom is 0.339 e. The maximum absolute atomic E-state index is 14.0. The number of esters is 4. The van der Waals surface area contributed by atoms with Gasteiger partial charge in [0.1, 0.15) is 18.0 Å². The van der Waals surface area contributed by atoms with E-state index in [1.165, 1.54) is 6.08 Å². The number of aliphatic hydroxyl groups is 1. The topological polar surface area (TPSA) is 195 Å². The van der Waals surface area contributed by atoms with Gasteiger partial charge in [-0.2, -0.15) is 0 Å². The van der Waals surface area contributed by atoms with E-state index >= 15 is 0 Å². The van der Waals surface area contributed by atoms with Crippen molar-refractivity contribution in [3.8, 4) is 0 Å². The molecule has 0 aromatic heterocycles. The van der Waals surface area contributed by atoms with E-state index in [1.54, 1.807) is 13.0 Å². The van der Waals surface area contributed by atoms with Gasteiger partial charge in [-0.25, -0.2) is 4.79 Å². The minimum Gasteiger partial charge on any atom is -0.467 e. The summed E-state index contributed by atoms with van der Waals surface area (Å²) >= 11 is 0. The Labute approximate surface area is 277 Å².